The lowest BCUT2D eigenvalue weighted by Gasteiger charge is -2.38. The Morgan fingerprint density at radius 3 is 1.16 bits per heavy atom. The number of rotatable bonds is 32. The van der Waals surface area contributed by atoms with Crippen molar-refractivity contribution in [2.45, 2.75) is 195 Å². The summed E-state index contributed by atoms with van der Waals surface area (Å²) in [5.41, 5.74) is 0. The molecule has 0 saturated carbocycles. The van der Waals surface area contributed by atoms with Crippen LogP contribution in [0.2, 0.25) is 0 Å². The van der Waals surface area contributed by atoms with Crippen LogP contribution in [0.3, 0.4) is 0 Å². The minimum atomic E-state index is -0.369. The summed E-state index contributed by atoms with van der Waals surface area (Å²) in [4.78, 5) is 25.2. The van der Waals surface area contributed by atoms with E-state index in [0.29, 0.717) is 19.4 Å². The SMILES string of the molecule is CCCCCCCCCCCCCC(=O)OCC(C[N+](CC)(CC)CC)OC(=O)CCCCCCCCCCCCC.[Cl-]. The van der Waals surface area contributed by atoms with Crippen LogP contribution in [0, 0.1) is 0 Å². The number of quaternary nitrogens is 1. The zero-order valence-electron chi connectivity index (χ0n) is 29.5. The fraction of sp³-hybridized carbons (Fsp3) is 0.946. The molecule has 0 spiro atoms. The molecule has 0 N–H and O–H groups in total. The lowest BCUT2D eigenvalue weighted by atomic mass is 10.1. The van der Waals surface area contributed by atoms with Crippen molar-refractivity contribution in [3.05, 3.63) is 0 Å². The van der Waals surface area contributed by atoms with E-state index in [0.717, 1.165) is 49.8 Å². The molecule has 43 heavy (non-hydrogen) atoms. The van der Waals surface area contributed by atoms with Gasteiger partial charge in [0, 0.05) is 12.8 Å². The Hall–Kier alpha value is -0.810. The Balaban J connectivity index is 0. The summed E-state index contributed by atoms with van der Waals surface area (Å²) in [6, 6.07) is 0. The minimum absolute atomic E-state index is 0. The molecule has 258 valence electrons. The lowest BCUT2D eigenvalue weighted by molar-refractivity contribution is -0.925. The van der Waals surface area contributed by atoms with E-state index in [2.05, 4.69) is 34.6 Å². The average Bonchev–Trinajstić information content (AvgIpc) is 3.00. The third-order valence-corrected chi connectivity index (χ3v) is 9.30. The van der Waals surface area contributed by atoms with Crippen LogP contribution < -0.4 is 12.4 Å². The van der Waals surface area contributed by atoms with Gasteiger partial charge < -0.3 is 26.4 Å². The lowest BCUT2D eigenvalue weighted by Crippen LogP contribution is -3.00. The van der Waals surface area contributed by atoms with E-state index >= 15 is 0 Å². The van der Waals surface area contributed by atoms with Gasteiger partial charge in [-0.05, 0) is 33.6 Å². The average molecular weight is 632 g/mol. The molecule has 0 amide bonds. The first kappa shape index (κ1) is 44.3. The second-order valence-corrected chi connectivity index (χ2v) is 12.8. The number of carbonyl (C=O) groups is 2. The van der Waals surface area contributed by atoms with Gasteiger partial charge in [-0.2, -0.15) is 0 Å². The number of ether oxygens (including phenoxy) is 2. The van der Waals surface area contributed by atoms with Gasteiger partial charge in [-0.25, -0.2) is 0 Å². The van der Waals surface area contributed by atoms with Crippen LogP contribution >= 0.6 is 0 Å². The molecule has 0 radical (unpaired) electrons. The fourth-order valence-corrected chi connectivity index (χ4v) is 5.98. The number of unbranched alkanes of at least 4 members (excludes halogenated alkanes) is 20. The normalized spacial score (nSPS) is 12.1. The largest absolute Gasteiger partial charge is 1.00 e. The second kappa shape index (κ2) is 32.6. The minimum Gasteiger partial charge on any atom is -1.00 e. The van der Waals surface area contributed by atoms with Gasteiger partial charge in [-0.1, -0.05) is 142 Å². The second-order valence-electron chi connectivity index (χ2n) is 12.8. The maximum Gasteiger partial charge on any atom is 0.306 e. The molecule has 5 nitrogen and oxygen atoms in total. The molecular weight excluding hydrogens is 558 g/mol. The monoisotopic (exact) mass is 632 g/mol. The van der Waals surface area contributed by atoms with Crippen LogP contribution in [0.5, 0.6) is 0 Å². The molecule has 1 atom stereocenters. The van der Waals surface area contributed by atoms with Crippen LogP contribution in [-0.4, -0.2) is 55.3 Å². The summed E-state index contributed by atoms with van der Waals surface area (Å²) in [6.45, 7) is 14.9. The van der Waals surface area contributed by atoms with Crippen molar-refractivity contribution in [3.63, 3.8) is 0 Å². The van der Waals surface area contributed by atoms with Crippen molar-refractivity contribution < 1.29 is 36.0 Å². The molecule has 0 bridgehead atoms. The Kier molecular flexibility index (Phi) is 33.6. The molecule has 0 aliphatic heterocycles. The van der Waals surface area contributed by atoms with E-state index in [1.165, 1.54) is 116 Å². The van der Waals surface area contributed by atoms with Gasteiger partial charge in [0.05, 0.1) is 19.6 Å². The number of carbonyl (C=O) groups excluding carboxylic acids is 2. The number of hydrogen-bond acceptors (Lipinski definition) is 4. The number of hydrogen-bond donors (Lipinski definition) is 0. The summed E-state index contributed by atoms with van der Waals surface area (Å²) in [7, 11) is 0. The molecule has 0 aliphatic rings. The highest BCUT2D eigenvalue weighted by molar-refractivity contribution is 5.70. The molecule has 0 aromatic rings. The summed E-state index contributed by atoms with van der Waals surface area (Å²) in [6.07, 6.45) is 28.4. The summed E-state index contributed by atoms with van der Waals surface area (Å²) >= 11 is 0. The van der Waals surface area contributed by atoms with Gasteiger partial charge in [0.25, 0.3) is 0 Å². The molecule has 0 saturated heterocycles. The molecule has 0 fully saturated rings. The fourth-order valence-electron chi connectivity index (χ4n) is 5.98. The predicted molar refractivity (Wildman–Crippen MR) is 180 cm³/mol. The maximum atomic E-state index is 12.7. The van der Waals surface area contributed by atoms with Crippen LogP contribution in [0.4, 0.5) is 0 Å². The van der Waals surface area contributed by atoms with Crippen LogP contribution in [0.15, 0.2) is 0 Å². The Morgan fingerprint density at radius 1 is 0.488 bits per heavy atom. The van der Waals surface area contributed by atoms with Gasteiger partial charge in [0.2, 0.25) is 0 Å². The topological polar surface area (TPSA) is 52.6 Å². The van der Waals surface area contributed by atoms with E-state index < -0.39 is 0 Å². The Morgan fingerprint density at radius 2 is 0.814 bits per heavy atom. The zero-order valence-corrected chi connectivity index (χ0v) is 30.3. The van der Waals surface area contributed by atoms with E-state index in [-0.39, 0.29) is 37.1 Å². The highest BCUT2D eigenvalue weighted by Gasteiger charge is 2.29. The number of likely N-dealkylation sites (N-methyl/N-ethyl adjacent to an activating group) is 1. The molecule has 0 aliphatic carbocycles. The van der Waals surface area contributed by atoms with Crippen molar-refractivity contribution in [1.82, 2.24) is 0 Å². The summed E-state index contributed by atoms with van der Waals surface area (Å²) < 4.78 is 12.5. The molecular formula is C37H74ClNO4. The Labute approximate surface area is 275 Å². The first-order chi connectivity index (χ1) is 20.5. The van der Waals surface area contributed by atoms with Crippen LogP contribution in [0.1, 0.15) is 189 Å². The van der Waals surface area contributed by atoms with Crippen molar-refractivity contribution in [2.75, 3.05) is 32.8 Å². The van der Waals surface area contributed by atoms with Crippen molar-refractivity contribution in [2.24, 2.45) is 0 Å². The molecule has 1 unspecified atom stereocenters. The third kappa shape index (κ3) is 27.2. The van der Waals surface area contributed by atoms with Gasteiger partial charge in [0.15, 0.2) is 6.10 Å². The van der Waals surface area contributed by atoms with E-state index in [1.807, 2.05) is 0 Å². The number of esters is 2. The smallest absolute Gasteiger partial charge is 0.306 e. The van der Waals surface area contributed by atoms with Crippen LogP contribution in [-0.2, 0) is 19.1 Å². The number of nitrogens with zero attached hydrogens (tertiary/aromatic N) is 1. The quantitative estimate of drug-likeness (QED) is 0.0433. The van der Waals surface area contributed by atoms with Gasteiger partial charge >= 0.3 is 11.9 Å². The highest BCUT2D eigenvalue weighted by Crippen LogP contribution is 2.16. The van der Waals surface area contributed by atoms with E-state index in [1.54, 1.807) is 0 Å². The first-order valence-corrected chi connectivity index (χ1v) is 18.7. The Bertz CT molecular complexity index is 603. The van der Waals surface area contributed by atoms with Crippen molar-refractivity contribution in [1.29, 1.82) is 0 Å². The summed E-state index contributed by atoms with van der Waals surface area (Å²) in [5.74, 6) is -0.293. The van der Waals surface area contributed by atoms with Crippen molar-refractivity contribution in [3.8, 4) is 0 Å². The van der Waals surface area contributed by atoms with Gasteiger partial charge in [0.1, 0.15) is 13.2 Å². The molecule has 0 aromatic carbocycles. The first-order valence-electron chi connectivity index (χ1n) is 18.7. The third-order valence-electron chi connectivity index (χ3n) is 9.30. The molecule has 0 heterocycles. The molecule has 0 rings (SSSR count). The van der Waals surface area contributed by atoms with Crippen molar-refractivity contribution >= 4 is 11.9 Å². The predicted octanol–water partition coefficient (Wildman–Crippen LogP) is 7.72. The molecule has 0 aromatic heterocycles. The highest BCUT2D eigenvalue weighted by atomic mass is 35.5. The van der Waals surface area contributed by atoms with E-state index in [4.69, 9.17) is 9.47 Å². The summed E-state index contributed by atoms with van der Waals surface area (Å²) in [5, 5.41) is 0. The van der Waals surface area contributed by atoms with Gasteiger partial charge in [-0.3, -0.25) is 9.59 Å². The van der Waals surface area contributed by atoms with Gasteiger partial charge in [-0.15, -0.1) is 0 Å². The zero-order chi connectivity index (χ0) is 31.2. The standard InChI is InChI=1S/C37H74NO4.ClH/c1-6-11-13-15-17-19-21-23-25-27-29-31-36(39)41-34-35(33-38(8-3,9-4)10-5)42-37(40)32-30-28-26-24-22-20-18-16-14-12-7-2;/h35H,6-34H2,1-5H3;1H/q+1;/p-1. The maximum absolute atomic E-state index is 12.7. The van der Waals surface area contributed by atoms with Crippen LogP contribution in [0.25, 0.3) is 0 Å². The number of halogens is 1. The molecule has 6 heteroatoms. The van der Waals surface area contributed by atoms with E-state index in [9.17, 15) is 9.59 Å².